The molecule has 10 rings (SSSR count). The molecule has 12 amide bonds. The average molecular weight is 1630 g/mol. The third-order valence-corrected chi connectivity index (χ3v) is 27.8. The summed E-state index contributed by atoms with van der Waals surface area (Å²) in [7, 11) is 9.86. The van der Waals surface area contributed by atoms with Gasteiger partial charge in [-0.3, -0.25) is 57.5 Å². The predicted octanol–water partition coefficient (Wildman–Crippen LogP) is 8.17. The van der Waals surface area contributed by atoms with Crippen LogP contribution in [-0.2, 0) is 67.0 Å². The van der Waals surface area contributed by atoms with Crippen LogP contribution in [0.5, 0.6) is 0 Å². The zero-order valence-corrected chi connectivity index (χ0v) is 69.6. The lowest BCUT2D eigenvalue weighted by molar-refractivity contribution is -0.215. The molecule has 3 unspecified atom stereocenters. The number of hydrogen-bond acceptors (Lipinski definition) is 14. The van der Waals surface area contributed by atoms with E-state index in [0.717, 1.165) is 41.7 Å². The molecule has 32 heteroatoms. The highest BCUT2D eigenvalue weighted by Crippen LogP contribution is 2.47. The number of alkyl halides is 6. The molecule has 5 saturated carbocycles. The molecule has 646 valence electrons. The van der Waals surface area contributed by atoms with E-state index < -0.39 is 210 Å². The fourth-order valence-corrected chi connectivity index (χ4v) is 19.9. The smallest absolute Gasteiger partial charge is 0.381 e. The van der Waals surface area contributed by atoms with Gasteiger partial charge in [-0.15, -0.1) is 0 Å². The highest BCUT2D eigenvalue weighted by atomic mass is 19.4. The molecule has 0 aromatic heterocycles. The van der Waals surface area contributed by atoms with Crippen molar-refractivity contribution in [2.45, 2.75) is 311 Å². The van der Waals surface area contributed by atoms with Gasteiger partial charge >= 0.3 is 12.4 Å². The van der Waals surface area contributed by atoms with E-state index in [4.69, 9.17) is 9.47 Å². The maximum Gasteiger partial charge on any atom is 0.394 e. The van der Waals surface area contributed by atoms with E-state index in [1.54, 1.807) is 18.7 Å². The summed E-state index contributed by atoms with van der Waals surface area (Å²) < 4.78 is 97.7. The average Bonchev–Trinajstić information content (AvgIpc) is 1.50. The number of fused-ring (bicyclic) bond motifs is 3. The van der Waals surface area contributed by atoms with E-state index in [2.05, 4.69) is 10.6 Å². The van der Waals surface area contributed by atoms with Crippen LogP contribution < -0.4 is 10.6 Å². The van der Waals surface area contributed by atoms with Crippen LogP contribution in [0.4, 0.5) is 26.3 Å². The van der Waals surface area contributed by atoms with E-state index in [1.165, 1.54) is 88.6 Å². The molecular weight excluding hydrogens is 1500 g/mol. The first-order valence-corrected chi connectivity index (χ1v) is 42.8. The molecule has 0 aromatic carbocycles. The van der Waals surface area contributed by atoms with E-state index >= 15 is 57.5 Å². The number of likely N-dealkylation sites (N-methyl/N-ethyl adjacent to an activating group) is 6. The van der Waals surface area contributed by atoms with Crippen molar-refractivity contribution in [2.75, 3.05) is 95.3 Å². The maximum atomic E-state index is 16.0. The standard InChI is InChI=1S/C83H128F6N12O14/c1-12-22-61-72(105)91-70(50(4)13-2)78(111)100(57-31-32-57)49-69(104)94(7)62-44-55-43-54(55)35-40-99(77(62)110)64(41-51-25-29-56(30-26-51)82(84,85)86)74(107)92(5)48-67(102)90-60(34-28-52-27-33-59(83(87,88)89)66(42-52)114-11)73(106)101-47-58(115-14-3)45-65(101)75(108)97(10)81(36-21-37-81)80(113)96(9)71(53-23-17-15-18-24-53)79(112)95(8)63(46-68(103)93(61)6)76(109)98-38-19-16-20-39-98/h50-53,56-66,70-71H,12-49H2,1-11H3,(H,90,102)(H,91,105)/t50-,51?,52?,56?,58+,59?,60-,61-,62-,63-,64-,65-,66?,70-,71-/m0/s1. The number of likely N-dealkylation sites (tertiary alicyclic amines) is 1. The number of halogens is 6. The van der Waals surface area contributed by atoms with Crippen LogP contribution in [0, 0.1) is 35.5 Å². The molecule has 26 nitrogen and oxygen atoms in total. The monoisotopic (exact) mass is 1630 g/mol. The SMILES string of the molecule is CCC[C@H]1C(=O)N[C@@H]([C@@H](C)CC)C(=O)N(C2CC2)CC(=O)N(C)[C@H]2CC3=C(CCN(C2=O)[C@@H](CC2CCC(C(F)(F)F)CC2)C(=O)N(C)CC(=O)N[C@@H](CCC2CCC(C(F)(F)F)C(OC)C2)C(=O)N2C[C@H](OCC)C[C@H]2C(=O)N(C)C2(CCC2)C(=O)N(C)[C@@H](C2CCCCC2)C(=O)N(C)[C@H](C(=O)N2CCCCC2)CC(=O)N1C)C3. The first kappa shape index (κ1) is 90.2. The van der Waals surface area contributed by atoms with Gasteiger partial charge in [0.25, 0.3) is 0 Å². The van der Waals surface area contributed by atoms with Gasteiger partial charge in [-0.05, 0) is 185 Å². The van der Waals surface area contributed by atoms with E-state index in [0.29, 0.717) is 83.7 Å². The number of carbonyl (C=O) groups is 12. The van der Waals surface area contributed by atoms with Crippen LogP contribution in [0.3, 0.4) is 0 Å². The zero-order valence-electron chi connectivity index (χ0n) is 69.6. The molecule has 1 spiro atoms. The molecule has 4 heterocycles. The zero-order chi connectivity index (χ0) is 83.9. The van der Waals surface area contributed by atoms with Gasteiger partial charge in [0.2, 0.25) is 70.9 Å². The van der Waals surface area contributed by atoms with Gasteiger partial charge in [0.1, 0.15) is 60.4 Å². The van der Waals surface area contributed by atoms with Crippen molar-refractivity contribution in [1.82, 2.24) is 59.6 Å². The number of carbonyl (C=O) groups excluding carboxylic acids is 12. The molecule has 8 fully saturated rings. The number of nitrogens with zero attached hydrogens (tertiary/aromatic N) is 10. The van der Waals surface area contributed by atoms with Crippen molar-refractivity contribution in [2.24, 2.45) is 35.5 Å². The Morgan fingerprint density at radius 2 is 1.24 bits per heavy atom. The molecule has 2 bridgehead atoms. The molecule has 2 N–H and O–H groups in total. The highest BCUT2D eigenvalue weighted by molar-refractivity contribution is 6.01. The Labute approximate surface area is 674 Å². The lowest BCUT2D eigenvalue weighted by Crippen LogP contribution is -2.68. The number of nitrogens with one attached hydrogen (secondary N) is 2. The van der Waals surface area contributed by atoms with Crippen LogP contribution in [0.25, 0.3) is 0 Å². The molecule has 4 aliphatic heterocycles. The molecule has 0 aromatic rings. The number of amides is 12. The third kappa shape index (κ3) is 21.0. The van der Waals surface area contributed by atoms with E-state index in [1.807, 2.05) is 13.8 Å². The normalized spacial score (nSPS) is 31.9. The highest BCUT2D eigenvalue weighted by Gasteiger charge is 2.58. The second-order valence-corrected chi connectivity index (χ2v) is 35.2. The summed E-state index contributed by atoms with van der Waals surface area (Å²) in [5.41, 5.74) is 0.328. The van der Waals surface area contributed by atoms with E-state index in [-0.39, 0.29) is 116 Å². The van der Waals surface area contributed by atoms with Crippen molar-refractivity contribution >= 4 is 70.9 Å². The molecule has 13 atom stereocenters. The summed E-state index contributed by atoms with van der Waals surface area (Å²) in [6, 6.07) is -11.0. The molecule has 115 heavy (non-hydrogen) atoms. The third-order valence-electron chi connectivity index (χ3n) is 27.8. The molecule has 3 saturated heterocycles. The number of hydrogen-bond donors (Lipinski definition) is 2. The van der Waals surface area contributed by atoms with Gasteiger partial charge in [0.05, 0.1) is 37.0 Å². The maximum absolute atomic E-state index is 16.0. The summed E-state index contributed by atoms with van der Waals surface area (Å²) in [6.07, 6.45) is -3.25. The lowest BCUT2D eigenvalue weighted by Gasteiger charge is -2.51. The minimum Gasteiger partial charge on any atom is -0.381 e. The summed E-state index contributed by atoms with van der Waals surface area (Å²) in [4.78, 5) is 200. The van der Waals surface area contributed by atoms with Crippen LogP contribution in [0.1, 0.15) is 227 Å². The van der Waals surface area contributed by atoms with Crippen molar-refractivity contribution < 1.29 is 93.4 Å². The molecule has 10 aliphatic rings. The van der Waals surface area contributed by atoms with E-state index in [9.17, 15) is 26.3 Å². The number of piperidine rings is 1. The minimum absolute atomic E-state index is 0.0346. The predicted molar refractivity (Wildman–Crippen MR) is 413 cm³/mol. The molecular formula is C83H128F6N12O14. The topological polar surface area (TPSA) is 280 Å². The Kier molecular flexibility index (Phi) is 30.4. The second kappa shape index (κ2) is 38.7. The Hall–Kier alpha value is -7.12. The van der Waals surface area contributed by atoms with Crippen LogP contribution in [-0.4, -0.2) is 300 Å². The van der Waals surface area contributed by atoms with Gasteiger partial charge in [-0.1, -0.05) is 64.0 Å². The Morgan fingerprint density at radius 3 is 1.84 bits per heavy atom. The summed E-state index contributed by atoms with van der Waals surface area (Å²) >= 11 is 0. The van der Waals surface area contributed by atoms with Crippen LogP contribution in [0.15, 0.2) is 11.1 Å². The first-order chi connectivity index (χ1) is 54.5. The summed E-state index contributed by atoms with van der Waals surface area (Å²) in [6.45, 7) is 6.56. The van der Waals surface area contributed by atoms with Crippen LogP contribution in [0.2, 0.25) is 0 Å². The quantitative estimate of drug-likeness (QED) is 0.116. The van der Waals surface area contributed by atoms with Crippen molar-refractivity contribution in [3.8, 4) is 0 Å². The fourth-order valence-electron chi connectivity index (χ4n) is 19.9. The molecule has 6 aliphatic carbocycles. The van der Waals surface area contributed by atoms with Crippen molar-refractivity contribution in [3.63, 3.8) is 0 Å². The lowest BCUT2D eigenvalue weighted by atomic mass is 9.73. The number of rotatable bonds is 15. The van der Waals surface area contributed by atoms with Gasteiger partial charge in [-0.25, -0.2) is 0 Å². The second-order valence-electron chi connectivity index (χ2n) is 35.2. The Balaban J connectivity index is 1.05. The fraction of sp³-hybridized carbons (Fsp3) is 0.831. The van der Waals surface area contributed by atoms with Gasteiger partial charge in [0.15, 0.2) is 0 Å². The van der Waals surface area contributed by atoms with Crippen molar-refractivity contribution in [3.05, 3.63) is 11.1 Å². The van der Waals surface area contributed by atoms with Gasteiger partial charge < -0.3 is 69.1 Å². The van der Waals surface area contributed by atoms with Gasteiger partial charge in [-0.2, -0.15) is 26.3 Å². The van der Waals surface area contributed by atoms with Crippen molar-refractivity contribution in [1.29, 1.82) is 0 Å². The van der Waals surface area contributed by atoms with Gasteiger partial charge in [0, 0.05) is 94.6 Å². The first-order valence-electron chi connectivity index (χ1n) is 42.8. The van der Waals surface area contributed by atoms with Crippen LogP contribution >= 0.6 is 0 Å². The number of methoxy groups -OCH3 is 1. The Morgan fingerprint density at radius 1 is 0.583 bits per heavy atom. The summed E-state index contributed by atoms with van der Waals surface area (Å²) in [5.74, 6) is -13.2. The molecule has 0 radical (unpaired) electrons. The number of ether oxygens (including phenoxy) is 2. The largest absolute Gasteiger partial charge is 0.394 e. The minimum atomic E-state index is -4.56. The Bertz CT molecular complexity index is 3540. The summed E-state index contributed by atoms with van der Waals surface area (Å²) in [5, 5.41) is 5.84.